The number of aromatic amines is 1. The molecule has 4 bridgehead atoms. The minimum atomic E-state index is -4.67. The molecular formula is C26H26F3N9O. The van der Waals surface area contributed by atoms with Crippen LogP contribution in [0.5, 0.6) is 0 Å². The number of carbonyl (C=O) groups excluding carboxylic acids is 1. The summed E-state index contributed by atoms with van der Waals surface area (Å²) in [4.78, 5) is 22.0. The fraction of sp³-hybridized carbons (Fsp3) is 0.423. The Balaban J connectivity index is 1.59. The molecule has 202 valence electrons. The third-order valence-corrected chi connectivity index (χ3v) is 7.47. The van der Waals surface area contributed by atoms with Gasteiger partial charge in [0.25, 0.3) is 0 Å². The third-order valence-electron chi connectivity index (χ3n) is 7.47. The van der Waals surface area contributed by atoms with Crippen molar-refractivity contribution in [3.05, 3.63) is 41.7 Å². The van der Waals surface area contributed by atoms with Gasteiger partial charge >= 0.3 is 6.18 Å². The SMILES string of the molecule is CN1Cc2nn(C3CCNCC3)c(C#N)c2-c2cnc3[nH]cc(c3c2)-c2cn(nc2C(F)(F)F)CCCC1=O. The van der Waals surface area contributed by atoms with E-state index in [0.29, 0.717) is 45.5 Å². The zero-order valence-corrected chi connectivity index (χ0v) is 21.2. The van der Waals surface area contributed by atoms with Crippen LogP contribution in [-0.2, 0) is 24.1 Å². The van der Waals surface area contributed by atoms with Crippen LogP contribution < -0.4 is 5.32 Å². The molecule has 4 aromatic rings. The highest BCUT2D eigenvalue weighted by Gasteiger charge is 2.38. The van der Waals surface area contributed by atoms with Crippen molar-refractivity contribution in [2.75, 3.05) is 20.1 Å². The molecule has 13 heteroatoms. The monoisotopic (exact) mass is 537 g/mol. The smallest absolute Gasteiger partial charge is 0.346 e. The predicted octanol–water partition coefficient (Wildman–Crippen LogP) is 3.86. The Bertz CT molecular complexity index is 1600. The number of H-pyrrole nitrogens is 1. The Morgan fingerprint density at radius 1 is 1.18 bits per heavy atom. The summed E-state index contributed by atoms with van der Waals surface area (Å²) >= 11 is 0. The minimum Gasteiger partial charge on any atom is -0.346 e. The number of aromatic nitrogens is 6. The van der Waals surface area contributed by atoms with E-state index in [-0.39, 0.29) is 37.0 Å². The van der Waals surface area contributed by atoms with Crippen molar-refractivity contribution in [2.24, 2.45) is 0 Å². The van der Waals surface area contributed by atoms with Crippen LogP contribution >= 0.6 is 0 Å². The van der Waals surface area contributed by atoms with E-state index >= 15 is 0 Å². The first-order valence-electron chi connectivity index (χ1n) is 12.8. The molecule has 2 N–H and O–H groups in total. The molecule has 0 radical (unpaired) electrons. The summed E-state index contributed by atoms with van der Waals surface area (Å²) < 4.78 is 45.1. The van der Waals surface area contributed by atoms with Crippen molar-refractivity contribution in [1.29, 1.82) is 5.26 Å². The largest absolute Gasteiger partial charge is 0.435 e. The molecule has 0 unspecified atom stereocenters. The number of rotatable bonds is 1. The number of hydrogen-bond donors (Lipinski definition) is 2. The number of fused-ring (bicyclic) bond motifs is 6. The second-order valence-electron chi connectivity index (χ2n) is 10.0. The molecule has 39 heavy (non-hydrogen) atoms. The van der Waals surface area contributed by atoms with Crippen LogP contribution in [0.15, 0.2) is 24.7 Å². The quantitative estimate of drug-likeness (QED) is 0.381. The number of hydrogen-bond acceptors (Lipinski definition) is 6. The number of aryl methyl sites for hydroxylation is 1. The molecule has 1 amide bonds. The Morgan fingerprint density at radius 3 is 2.72 bits per heavy atom. The summed E-state index contributed by atoms with van der Waals surface area (Å²) in [7, 11) is 1.67. The van der Waals surface area contributed by atoms with Crippen LogP contribution in [0.1, 0.15) is 48.8 Å². The molecule has 0 saturated carbocycles. The van der Waals surface area contributed by atoms with Crippen molar-refractivity contribution >= 4 is 16.9 Å². The van der Waals surface area contributed by atoms with Gasteiger partial charge < -0.3 is 15.2 Å². The lowest BCUT2D eigenvalue weighted by molar-refractivity contribution is -0.141. The maximum Gasteiger partial charge on any atom is 0.435 e. The molecule has 1 fully saturated rings. The van der Waals surface area contributed by atoms with E-state index in [2.05, 4.69) is 26.5 Å². The summed E-state index contributed by atoms with van der Waals surface area (Å²) in [6.45, 7) is 1.94. The number of nitrogens with one attached hydrogen (secondary N) is 2. The van der Waals surface area contributed by atoms with Crippen molar-refractivity contribution in [3.63, 3.8) is 0 Å². The van der Waals surface area contributed by atoms with Gasteiger partial charge in [0.1, 0.15) is 17.4 Å². The lowest BCUT2D eigenvalue weighted by atomic mass is 10.00. The average Bonchev–Trinajstić information content (AvgIpc) is 3.62. The van der Waals surface area contributed by atoms with Crippen molar-refractivity contribution in [2.45, 2.75) is 51.0 Å². The van der Waals surface area contributed by atoms with Gasteiger partial charge in [-0.25, -0.2) is 4.98 Å². The van der Waals surface area contributed by atoms with Gasteiger partial charge in [0.2, 0.25) is 5.91 Å². The van der Waals surface area contributed by atoms with Gasteiger partial charge in [0.15, 0.2) is 5.69 Å². The van der Waals surface area contributed by atoms with Crippen molar-refractivity contribution in [3.8, 4) is 28.3 Å². The molecule has 4 aromatic heterocycles. The number of pyridine rings is 1. The number of amides is 1. The highest BCUT2D eigenvalue weighted by molar-refractivity contribution is 5.96. The molecule has 6 rings (SSSR count). The van der Waals surface area contributed by atoms with E-state index < -0.39 is 11.9 Å². The first kappa shape index (κ1) is 25.1. The fourth-order valence-electron chi connectivity index (χ4n) is 5.52. The lowest BCUT2D eigenvalue weighted by Gasteiger charge is -2.23. The van der Waals surface area contributed by atoms with Crippen molar-refractivity contribution in [1.82, 2.24) is 39.7 Å². The standard InChI is InChI=1S/C26H26F3N9O/c1-36-14-20-23(21(10-30)38(34-20)16-4-6-31-7-5-16)15-9-17-18(12-33-25(17)32-11-15)19-13-37(8-2-3-22(36)39)35-24(19)26(27,28)29/h9,11-13,16,31H,2-8,14H2,1H3,(H,32,33). The number of alkyl halides is 3. The fourth-order valence-corrected chi connectivity index (χ4v) is 5.52. The Kier molecular flexibility index (Phi) is 6.14. The van der Waals surface area contributed by atoms with Crippen LogP contribution in [0, 0.1) is 11.3 Å². The average molecular weight is 538 g/mol. The number of halogens is 3. The van der Waals surface area contributed by atoms with Gasteiger partial charge in [-0.2, -0.15) is 28.6 Å². The zero-order chi connectivity index (χ0) is 27.3. The maximum absolute atomic E-state index is 14.0. The second-order valence-corrected chi connectivity index (χ2v) is 10.0. The highest BCUT2D eigenvalue weighted by Crippen LogP contribution is 2.40. The van der Waals surface area contributed by atoms with E-state index in [1.165, 1.54) is 17.1 Å². The highest BCUT2D eigenvalue weighted by atomic mass is 19.4. The lowest BCUT2D eigenvalue weighted by Crippen LogP contribution is -2.30. The summed E-state index contributed by atoms with van der Waals surface area (Å²) in [6, 6.07) is 4.06. The second kappa shape index (κ2) is 9.53. The molecular weight excluding hydrogens is 511 g/mol. The Morgan fingerprint density at radius 2 is 1.97 bits per heavy atom. The molecule has 6 heterocycles. The van der Waals surface area contributed by atoms with E-state index in [4.69, 9.17) is 5.10 Å². The first-order valence-corrected chi connectivity index (χ1v) is 12.8. The van der Waals surface area contributed by atoms with Crippen LogP contribution in [0.25, 0.3) is 33.3 Å². The van der Waals surface area contributed by atoms with Crippen LogP contribution in [0.2, 0.25) is 0 Å². The zero-order valence-electron chi connectivity index (χ0n) is 21.2. The first-order chi connectivity index (χ1) is 18.7. The van der Waals surface area contributed by atoms with E-state index in [9.17, 15) is 23.2 Å². The summed E-state index contributed by atoms with van der Waals surface area (Å²) in [6.07, 6.45) is 1.83. The molecule has 0 aromatic carbocycles. The van der Waals surface area contributed by atoms with E-state index in [0.717, 1.165) is 25.9 Å². The molecule has 2 aliphatic heterocycles. The summed E-state index contributed by atoms with van der Waals surface area (Å²) in [5, 5.41) is 22.7. The van der Waals surface area contributed by atoms with E-state index in [1.807, 2.05) is 0 Å². The summed E-state index contributed by atoms with van der Waals surface area (Å²) in [5.41, 5.74) is 1.65. The summed E-state index contributed by atoms with van der Waals surface area (Å²) in [5.74, 6) is -0.172. The minimum absolute atomic E-state index is 0.0136. The van der Waals surface area contributed by atoms with Gasteiger partial charge in [-0.1, -0.05) is 0 Å². The predicted molar refractivity (Wildman–Crippen MR) is 135 cm³/mol. The van der Waals surface area contributed by atoms with E-state index in [1.54, 1.807) is 28.9 Å². The van der Waals surface area contributed by atoms with Crippen molar-refractivity contribution < 1.29 is 18.0 Å². The number of piperidine rings is 1. The molecule has 1 saturated heterocycles. The van der Waals surface area contributed by atoms with Crippen LogP contribution in [0.4, 0.5) is 13.2 Å². The number of nitrogens with zero attached hydrogens (tertiary/aromatic N) is 7. The van der Waals surface area contributed by atoms with Gasteiger partial charge in [-0.3, -0.25) is 14.2 Å². The molecule has 0 spiro atoms. The molecule has 2 aliphatic rings. The molecule has 0 aliphatic carbocycles. The van der Waals surface area contributed by atoms with Gasteiger partial charge in [-0.15, -0.1) is 0 Å². The van der Waals surface area contributed by atoms with Gasteiger partial charge in [0, 0.05) is 66.2 Å². The number of carbonyl (C=O) groups is 1. The van der Waals surface area contributed by atoms with Gasteiger partial charge in [-0.05, 0) is 38.4 Å². The molecule has 10 nitrogen and oxygen atoms in total. The Labute approximate surface area is 221 Å². The maximum atomic E-state index is 14.0. The van der Waals surface area contributed by atoms with Crippen LogP contribution in [0.3, 0.4) is 0 Å². The van der Waals surface area contributed by atoms with Gasteiger partial charge in [0.05, 0.1) is 18.3 Å². The third kappa shape index (κ3) is 4.44. The Hall–Kier alpha value is -4.18. The normalized spacial score (nSPS) is 17.2. The topological polar surface area (TPSA) is 120 Å². The number of nitriles is 1. The van der Waals surface area contributed by atoms with Crippen LogP contribution in [-0.4, -0.2) is 60.5 Å². The molecule has 0 atom stereocenters.